The number of nitrogens with one attached hydrogen (secondary N) is 1. The molecule has 29 heavy (non-hydrogen) atoms. The molecular weight excluding hydrogens is 364 g/mol. The monoisotopic (exact) mass is 390 g/mol. The zero-order valence-electron chi connectivity index (χ0n) is 16.8. The summed E-state index contributed by atoms with van der Waals surface area (Å²) in [5.74, 6) is 0.604. The van der Waals surface area contributed by atoms with Gasteiger partial charge in [-0.3, -0.25) is 9.59 Å². The third-order valence-electron chi connectivity index (χ3n) is 5.79. The third kappa shape index (κ3) is 4.01. The van der Waals surface area contributed by atoms with Crippen LogP contribution in [0.1, 0.15) is 47.7 Å². The molecule has 2 amide bonds. The van der Waals surface area contributed by atoms with E-state index in [9.17, 15) is 9.59 Å². The zero-order valence-corrected chi connectivity index (χ0v) is 16.8. The number of carbonyl (C=O) groups excluding carboxylic acids is 2. The van der Waals surface area contributed by atoms with Gasteiger partial charge in [-0.15, -0.1) is 0 Å². The van der Waals surface area contributed by atoms with Crippen molar-refractivity contribution in [2.24, 2.45) is 5.92 Å². The summed E-state index contributed by atoms with van der Waals surface area (Å²) in [6.45, 7) is 6.02. The molecule has 4 rings (SSSR count). The van der Waals surface area contributed by atoms with Crippen LogP contribution in [-0.4, -0.2) is 39.2 Å². The first-order valence-corrected chi connectivity index (χ1v) is 10.1. The fourth-order valence-electron chi connectivity index (χ4n) is 3.61. The molecule has 1 aliphatic rings. The van der Waals surface area contributed by atoms with Crippen molar-refractivity contribution in [3.63, 3.8) is 0 Å². The molecule has 1 aromatic carbocycles. The van der Waals surface area contributed by atoms with Gasteiger partial charge in [0.2, 0.25) is 5.91 Å². The molecule has 0 saturated carbocycles. The Labute approximate surface area is 170 Å². The van der Waals surface area contributed by atoms with Crippen molar-refractivity contribution in [3.05, 3.63) is 71.7 Å². The number of rotatable bonds is 6. The molecule has 1 fully saturated rings. The van der Waals surface area contributed by atoms with Crippen molar-refractivity contribution in [1.29, 1.82) is 0 Å². The van der Waals surface area contributed by atoms with Crippen molar-refractivity contribution in [3.8, 4) is 0 Å². The summed E-state index contributed by atoms with van der Waals surface area (Å²) < 4.78 is 1.93. The van der Waals surface area contributed by atoms with E-state index in [0.717, 1.165) is 30.7 Å². The molecule has 6 nitrogen and oxygen atoms in total. The van der Waals surface area contributed by atoms with Crippen molar-refractivity contribution in [2.75, 3.05) is 13.1 Å². The lowest BCUT2D eigenvalue weighted by atomic mass is 9.89. The molecule has 1 N–H and O–H groups in total. The van der Waals surface area contributed by atoms with Crippen molar-refractivity contribution >= 4 is 17.5 Å². The van der Waals surface area contributed by atoms with Crippen LogP contribution < -0.4 is 5.32 Å². The number of hydrogen-bond acceptors (Lipinski definition) is 3. The highest BCUT2D eigenvalue weighted by Gasteiger charge is 2.33. The van der Waals surface area contributed by atoms with E-state index in [1.807, 2.05) is 71.9 Å². The Bertz CT molecular complexity index is 1020. The predicted molar refractivity (Wildman–Crippen MR) is 112 cm³/mol. The molecule has 0 aliphatic carbocycles. The number of aromatic nitrogens is 2. The van der Waals surface area contributed by atoms with Gasteiger partial charge in [0.1, 0.15) is 5.65 Å². The summed E-state index contributed by atoms with van der Waals surface area (Å²) in [5.41, 5.74) is 3.69. The van der Waals surface area contributed by atoms with Gasteiger partial charge < -0.3 is 14.6 Å². The lowest BCUT2D eigenvalue weighted by Crippen LogP contribution is -2.50. The number of imidazole rings is 1. The van der Waals surface area contributed by atoms with E-state index >= 15 is 0 Å². The van der Waals surface area contributed by atoms with Crippen LogP contribution in [0.3, 0.4) is 0 Å². The predicted octanol–water partition coefficient (Wildman–Crippen LogP) is 3.24. The first-order valence-electron chi connectivity index (χ1n) is 10.1. The molecule has 3 aromatic rings. The van der Waals surface area contributed by atoms with Crippen LogP contribution in [-0.2, 0) is 11.3 Å². The van der Waals surface area contributed by atoms with Crippen LogP contribution in [0.25, 0.3) is 5.65 Å². The number of benzene rings is 1. The van der Waals surface area contributed by atoms with Gasteiger partial charge in [0.15, 0.2) is 0 Å². The van der Waals surface area contributed by atoms with Gasteiger partial charge in [-0.05, 0) is 41.8 Å². The molecule has 0 unspecified atom stereocenters. The molecule has 1 aliphatic heterocycles. The maximum atomic E-state index is 12.5. The second-order valence-electron chi connectivity index (χ2n) is 7.78. The fraction of sp³-hybridized carbons (Fsp3) is 0.348. The minimum atomic E-state index is -0.0954. The highest BCUT2D eigenvalue weighted by Crippen LogP contribution is 2.28. The normalized spacial score (nSPS) is 15.2. The van der Waals surface area contributed by atoms with Crippen molar-refractivity contribution < 1.29 is 9.59 Å². The van der Waals surface area contributed by atoms with Crippen LogP contribution in [0, 0.1) is 5.92 Å². The SMILES string of the molecule is CC[C@H](C)C(=O)N1CC(c2ccc(C(=O)NCc3ccn4ccnc4c3)cc2)C1. The number of nitrogens with zero attached hydrogens (tertiary/aromatic N) is 3. The molecule has 150 valence electrons. The molecule has 6 heteroatoms. The van der Waals surface area contributed by atoms with E-state index in [1.165, 1.54) is 5.56 Å². The maximum absolute atomic E-state index is 12.5. The van der Waals surface area contributed by atoms with Gasteiger partial charge in [0, 0.05) is 55.6 Å². The second kappa shape index (κ2) is 8.07. The summed E-state index contributed by atoms with van der Waals surface area (Å²) in [4.78, 5) is 30.8. The number of fused-ring (bicyclic) bond motifs is 1. The molecule has 1 saturated heterocycles. The molecule has 0 bridgehead atoms. The summed E-state index contributed by atoms with van der Waals surface area (Å²) in [6, 6.07) is 11.7. The van der Waals surface area contributed by atoms with E-state index in [1.54, 1.807) is 6.20 Å². The minimum Gasteiger partial charge on any atom is -0.348 e. The fourth-order valence-corrected chi connectivity index (χ4v) is 3.61. The molecule has 3 heterocycles. The lowest BCUT2D eigenvalue weighted by Gasteiger charge is -2.41. The Kier molecular flexibility index (Phi) is 5.34. The maximum Gasteiger partial charge on any atom is 0.251 e. The zero-order chi connectivity index (χ0) is 20.4. The van der Waals surface area contributed by atoms with Gasteiger partial charge >= 0.3 is 0 Å². The summed E-state index contributed by atoms with van der Waals surface area (Å²) in [5, 5.41) is 2.96. The molecule has 0 spiro atoms. The van der Waals surface area contributed by atoms with Crippen LogP contribution in [0.2, 0.25) is 0 Å². The standard InChI is InChI=1S/C23H26N4O2/c1-3-16(2)23(29)27-14-20(15-27)18-4-6-19(7-5-18)22(28)25-13-17-8-10-26-11-9-24-21(26)12-17/h4-12,16,20H,3,13-15H2,1-2H3,(H,25,28)/t16-/m0/s1. The largest absolute Gasteiger partial charge is 0.348 e. The third-order valence-corrected chi connectivity index (χ3v) is 5.79. The minimum absolute atomic E-state index is 0.0937. The topological polar surface area (TPSA) is 66.7 Å². The van der Waals surface area contributed by atoms with Crippen LogP contribution >= 0.6 is 0 Å². The Morgan fingerprint density at radius 3 is 2.66 bits per heavy atom. The highest BCUT2D eigenvalue weighted by atomic mass is 16.2. The summed E-state index contributed by atoms with van der Waals surface area (Å²) >= 11 is 0. The van der Waals surface area contributed by atoms with Gasteiger partial charge in [0.05, 0.1) is 0 Å². The van der Waals surface area contributed by atoms with Gasteiger partial charge in [-0.2, -0.15) is 0 Å². The number of likely N-dealkylation sites (tertiary alicyclic amines) is 1. The Hall–Kier alpha value is -3.15. The summed E-state index contributed by atoms with van der Waals surface area (Å²) in [6.07, 6.45) is 6.45. The molecular formula is C23H26N4O2. The first kappa shape index (κ1) is 19.2. The van der Waals surface area contributed by atoms with Gasteiger partial charge in [-0.1, -0.05) is 26.0 Å². The first-order chi connectivity index (χ1) is 14.0. The Morgan fingerprint density at radius 2 is 1.93 bits per heavy atom. The molecule has 2 aromatic heterocycles. The van der Waals surface area contributed by atoms with Crippen LogP contribution in [0.4, 0.5) is 0 Å². The Morgan fingerprint density at radius 1 is 1.17 bits per heavy atom. The number of amides is 2. The Balaban J connectivity index is 1.31. The van der Waals surface area contributed by atoms with E-state index in [-0.39, 0.29) is 17.7 Å². The van der Waals surface area contributed by atoms with Crippen LogP contribution in [0.15, 0.2) is 55.0 Å². The smallest absolute Gasteiger partial charge is 0.251 e. The molecule has 0 radical (unpaired) electrons. The number of pyridine rings is 1. The van der Waals surface area contributed by atoms with E-state index in [0.29, 0.717) is 18.0 Å². The molecule has 1 atom stereocenters. The highest BCUT2D eigenvalue weighted by molar-refractivity contribution is 5.94. The summed E-state index contributed by atoms with van der Waals surface area (Å²) in [7, 11) is 0. The van der Waals surface area contributed by atoms with Gasteiger partial charge in [0.25, 0.3) is 5.91 Å². The lowest BCUT2D eigenvalue weighted by molar-refractivity contribution is -0.139. The van der Waals surface area contributed by atoms with E-state index < -0.39 is 0 Å². The van der Waals surface area contributed by atoms with Gasteiger partial charge in [-0.25, -0.2) is 4.98 Å². The second-order valence-corrected chi connectivity index (χ2v) is 7.78. The average molecular weight is 390 g/mol. The van der Waals surface area contributed by atoms with E-state index in [2.05, 4.69) is 10.3 Å². The van der Waals surface area contributed by atoms with E-state index in [4.69, 9.17) is 0 Å². The van der Waals surface area contributed by atoms with Crippen molar-refractivity contribution in [2.45, 2.75) is 32.7 Å². The van der Waals surface area contributed by atoms with Crippen LogP contribution in [0.5, 0.6) is 0 Å². The average Bonchev–Trinajstić information content (AvgIpc) is 3.18. The number of hydrogen-bond donors (Lipinski definition) is 1. The van der Waals surface area contributed by atoms with Crippen molar-refractivity contribution in [1.82, 2.24) is 19.6 Å². The number of carbonyl (C=O) groups is 2. The quantitative estimate of drug-likeness (QED) is 0.703.